The molecule has 1 aromatic carbocycles. The molecule has 1 aliphatic rings. The van der Waals surface area contributed by atoms with Crippen molar-refractivity contribution in [2.24, 2.45) is 5.92 Å². The van der Waals surface area contributed by atoms with Crippen molar-refractivity contribution in [1.82, 2.24) is 24.6 Å². The van der Waals surface area contributed by atoms with Gasteiger partial charge in [0, 0.05) is 57.6 Å². The molecule has 3 aromatic rings. The molecule has 4 rings (SSSR count). The number of benzene rings is 1. The van der Waals surface area contributed by atoms with Gasteiger partial charge >= 0.3 is 0 Å². The third-order valence-corrected chi connectivity index (χ3v) is 6.37. The van der Waals surface area contributed by atoms with Crippen molar-refractivity contribution in [1.29, 1.82) is 0 Å². The van der Waals surface area contributed by atoms with Gasteiger partial charge in [-0.3, -0.25) is 9.88 Å². The van der Waals surface area contributed by atoms with Crippen LogP contribution >= 0.6 is 0 Å². The summed E-state index contributed by atoms with van der Waals surface area (Å²) in [5.41, 5.74) is 4.35. The number of nitrogens with zero attached hydrogens (tertiary/aromatic N) is 6. The highest BCUT2D eigenvalue weighted by atomic mass is 19.1. The Morgan fingerprint density at radius 3 is 2.35 bits per heavy atom. The molecule has 1 aliphatic heterocycles. The standard InChI is InChI=1S/C27H37FN6/c1-5-26-25(20-32(18-21(2)3)19-23-8-6-7-13-29-23)27(33-16-14-31(4)15-17-33)34(30-26)24-11-9-22(28)10-12-24/h6-13,21H,5,14-20H2,1-4H3. The summed E-state index contributed by atoms with van der Waals surface area (Å²) < 4.78 is 15.7. The zero-order valence-corrected chi connectivity index (χ0v) is 20.9. The van der Waals surface area contributed by atoms with Crippen LogP contribution in [0.3, 0.4) is 0 Å². The maximum Gasteiger partial charge on any atom is 0.137 e. The third-order valence-electron chi connectivity index (χ3n) is 6.37. The summed E-state index contributed by atoms with van der Waals surface area (Å²) in [5.74, 6) is 1.45. The average molecular weight is 465 g/mol. The van der Waals surface area contributed by atoms with Gasteiger partial charge in [-0.1, -0.05) is 26.8 Å². The van der Waals surface area contributed by atoms with E-state index in [4.69, 9.17) is 5.10 Å². The molecule has 0 unspecified atom stereocenters. The van der Waals surface area contributed by atoms with Gasteiger partial charge in [0.1, 0.15) is 11.6 Å². The first-order valence-electron chi connectivity index (χ1n) is 12.4. The van der Waals surface area contributed by atoms with Crippen LogP contribution in [0.15, 0.2) is 48.7 Å². The number of anilines is 1. The Labute approximate surface area is 203 Å². The van der Waals surface area contributed by atoms with Crippen LogP contribution in [0.4, 0.5) is 10.2 Å². The fourth-order valence-electron chi connectivity index (χ4n) is 4.68. The van der Waals surface area contributed by atoms with Crippen LogP contribution in [0.1, 0.15) is 37.7 Å². The Hall–Kier alpha value is -2.77. The van der Waals surface area contributed by atoms with E-state index in [1.54, 1.807) is 0 Å². The normalized spacial score (nSPS) is 15.0. The molecule has 3 heterocycles. The van der Waals surface area contributed by atoms with E-state index in [2.05, 4.69) is 59.6 Å². The Bertz CT molecular complexity index is 1040. The summed E-state index contributed by atoms with van der Waals surface area (Å²) in [6.07, 6.45) is 2.71. The van der Waals surface area contributed by atoms with Crippen LogP contribution in [0.2, 0.25) is 0 Å². The molecule has 0 spiro atoms. The second-order valence-corrected chi connectivity index (χ2v) is 9.67. The molecule has 0 atom stereocenters. The van der Waals surface area contributed by atoms with Crippen molar-refractivity contribution in [3.8, 4) is 5.69 Å². The quantitative estimate of drug-likeness (QED) is 0.470. The monoisotopic (exact) mass is 464 g/mol. The lowest BCUT2D eigenvalue weighted by Gasteiger charge is -2.35. The van der Waals surface area contributed by atoms with Crippen LogP contribution < -0.4 is 4.90 Å². The highest BCUT2D eigenvalue weighted by Gasteiger charge is 2.27. The highest BCUT2D eigenvalue weighted by molar-refractivity contribution is 5.56. The molecule has 34 heavy (non-hydrogen) atoms. The maximum atomic E-state index is 13.7. The Kier molecular flexibility index (Phi) is 7.95. The lowest BCUT2D eigenvalue weighted by molar-refractivity contribution is 0.224. The van der Waals surface area contributed by atoms with Gasteiger partial charge in [0.05, 0.1) is 17.1 Å². The summed E-state index contributed by atoms with van der Waals surface area (Å²) in [4.78, 5) is 11.9. The van der Waals surface area contributed by atoms with Crippen LogP contribution in [-0.2, 0) is 19.5 Å². The first kappa shape index (κ1) is 24.4. The van der Waals surface area contributed by atoms with E-state index in [9.17, 15) is 4.39 Å². The number of rotatable bonds is 9. The Morgan fingerprint density at radius 1 is 1.00 bits per heavy atom. The fraction of sp³-hybridized carbons (Fsp3) is 0.481. The zero-order valence-electron chi connectivity index (χ0n) is 20.9. The van der Waals surface area contributed by atoms with E-state index in [0.717, 1.165) is 75.1 Å². The SMILES string of the molecule is CCc1nn(-c2ccc(F)cc2)c(N2CCN(C)CC2)c1CN(Cc1ccccn1)CC(C)C. The van der Waals surface area contributed by atoms with Crippen LogP contribution in [0, 0.1) is 11.7 Å². The molecule has 0 bridgehead atoms. The summed E-state index contributed by atoms with van der Waals surface area (Å²) in [6.45, 7) is 13.2. The number of hydrogen-bond acceptors (Lipinski definition) is 5. The van der Waals surface area contributed by atoms with Gasteiger partial charge in [0.15, 0.2) is 0 Å². The van der Waals surface area contributed by atoms with Crippen molar-refractivity contribution >= 4 is 5.82 Å². The van der Waals surface area contributed by atoms with Crippen LogP contribution in [0.5, 0.6) is 0 Å². The van der Waals surface area contributed by atoms with Gasteiger partial charge in [0.25, 0.3) is 0 Å². The minimum Gasteiger partial charge on any atom is -0.354 e. The second-order valence-electron chi connectivity index (χ2n) is 9.67. The maximum absolute atomic E-state index is 13.7. The number of hydrogen-bond donors (Lipinski definition) is 0. The number of pyridine rings is 1. The smallest absolute Gasteiger partial charge is 0.137 e. The van der Waals surface area contributed by atoms with Crippen LogP contribution in [-0.4, -0.2) is 64.3 Å². The van der Waals surface area contributed by atoms with E-state index in [-0.39, 0.29) is 5.82 Å². The van der Waals surface area contributed by atoms with E-state index in [1.807, 2.05) is 29.1 Å². The molecule has 1 fully saturated rings. The van der Waals surface area contributed by atoms with Crippen LogP contribution in [0.25, 0.3) is 5.69 Å². The molecule has 0 amide bonds. The molecule has 0 radical (unpaired) electrons. The number of aromatic nitrogens is 3. The minimum atomic E-state index is -0.230. The molecule has 2 aromatic heterocycles. The molecule has 7 heteroatoms. The van der Waals surface area contributed by atoms with Gasteiger partial charge in [0.2, 0.25) is 0 Å². The Balaban J connectivity index is 1.75. The van der Waals surface area contributed by atoms with Crippen molar-refractivity contribution in [2.45, 2.75) is 40.3 Å². The zero-order chi connectivity index (χ0) is 24.1. The number of likely N-dealkylation sites (N-methyl/N-ethyl adjacent to an activating group) is 1. The first-order chi connectivity index (χ1) is 16.4. The Morgan fingerprint density at radius 2 is 1.74 bits per heavy atom. The van der Waals surface area contributed by atoms with E-state index in [0.29, 0.717) is 5.92 Å². The van der Waals surface area contributed by atoms with Gasteiger partial charge < -0.3 is 9.80 Å². The van der Waals surface area contributed by atoms with Crippen molar-refractivity contribution < 1.29 is 4.39 Å². The van der Waals surface area contributed by atoms with Gasteiger partial charge in [-0.25, -0.2) is 9.07 Å². The predicted molar refractivity (Wildman–Crippen MR) is 136 cm³/mol. The second kappa shape index (κ2) is 11.1. The summed E-state index contributed by atoms with van der Waals surface area (Å²) in [6, 6.07) is 12.8. The molecular formula is C27H37FN6. The molecule has 182 valence electrons. The van der Waals surface area contributed by atoms with Crippen molar-refractivity contribution in [3.05, 3.63) is 71.4 Å². The molecular weight excluding hydrogens is 427 g/mol. The number of halogens is 1. The van der Waals surface area contributed by atoms with Gasteiger partial charge in [-0.15, -0.1) is 0 Å². The lowest BCUT2D eigenvalue weighted by atomic mass is 10.1. The first-order valence-corrected chi connectivity index (χ1v) is 12.4. The van der Waals surface area contributed by atoms with E-state index < -0.39 is 0 Å². The topological polar surface area (TPSA) is 40.4 Å². The van der Waals surface area contributed by atoms with Crippen molar-refractivity contribution in [3.63, 3.8) is 0 Å². The van der Waals surface area contributed by atoms with Gasteiger partial charge in [-0.2, -0.15) is 5.10 Å². The van der Waals surface area contributed by atoms with Gasteiger partial charge in [-0.05, 0) is 55.8 Å². The number of piperazine rings is 1. The summed E-state index contributed by atoms with van der Waals surface area (Å²) in [7, 11) is 2.17. The lowest BCUT2D eigenvalue weighted by Crippen LogP contribution is -2.45. The molecule has 0 saturated carbocycles. The summed E-state index contributed by atoms with van der Waals surface area (Å²) >= 11 is 0. The third kappa shape index (κ3) is 5.83. The molecule has 0 aliphatic carbocycles. The number of aryl methyl sites for hydroxylation is 1. The van der Waals surface area contributed by atoms with E-state index in [1.165, 1.54) is 17.7 Å². The minimum absolute atomic E-state index is 0.230. The average Bonchev–Trinajstić information content (AvgIpc) is 3.18. The molecule has 1 saturated heterocycles. The summed E-state index contributed by atoms with van der Waals surface area (Å²) in [5, 5.41) is 5.06. The molecule has 6 nitrogen and oxygen atoms in total. The van der Waals surface area contributed by atoms with Crippen molar-refractivity contribution in [2.75, 3.05) is 44.7 Å². The predicted octanol–water partition coefficient (Wildman–Crippen LogP) is 4.38. The van der Waals surface area contributed by atoms with E-state index >= 15 is 0 Å². The molecule has 0 N–H and O–H groups in total. The largest absolute Gasteiger partial charge is 0.354 e. The fourth-order valence-corrected chi connectivity index (χ4v) is 4.68. The highest BCUT2D eigenvalue weighted by Crippen LogP contribution is 2.31.